The topological polar surface area (TPSA) is 83.5 Å². The first-order chi connectivity index (χ1) is 16.8. The summed E-state index contributed by atoms with van der Waals surface area (Å²) in [5, 5.41) is 3.38. The molecule has 35 heavy (non-hydrogen) atoms. The number of carbonyl (C=O) groups is 1. The number of amides is 1. The number of methoxy groups -OCH3 is 1. The largest absolute Gasteiger partial charge is 0.495 e. The van der Waals surface area contributed by atoms with Crippen LogP contribution < -0.4 is 15.0 Å². The maximum Gasteiger partial charge on any atom is 0.253 e. The zero-order valence-electron chi connectivity index (χ0n) is 21.2. The lowest BCUT2D eigenvalue weighted by Gasteiger charge is -2.39. The molecule has 3 aromatic rings. The highest BCUT2D eigenvalue weighted by molar-refractivity contribution is 5.95. The minimum absolute atomic E-state index is 0.00323. The van der Waals surface area contributed by atoms with Gasteiger partial charge in [0, 0.05) is 68.9 Å². The number of hydrogen-bond donors (Lipinski definition) is 1. The van der Waals surface area contributed by atoms with Crippen molar-refractivity contribution in [2.24, 2.45) is 0 Å². The molecular formula is C27H34N6O2. The molecule has 8 nitrogen and oxygen atoms in total. The molecule has 1 aliphatic heterocycles. The predicted octanol–water partition coefficient (Wildman–Crippen LogP) is 4.06. The van der Waals surface area contributed by atoms with Gasteiger partial charge in [-0.1, -0.05) is 13.0 Å². The summed E-state index contributed by atoms with van der Waals surface area (Å²) in [6.07, 6.45) is 5.41. The monoisotopic (exact) mass is 474 g/mol. The van der Waals surface area contributed by atoms with Crippen molar-refractivity contribution >= 4 is 17.4 Å². The van der Waals surface area contributed by atoms with E-state index in [0.29, 0.717) is 30.9 Å². The fourth-order valence-electron chi connectivity index (χ4n) is 4.51. The number of piperidine rings is 1. The van der Waals surface area contributed by atoms with Gasteiger partial charge in [0.25, 0.3) is 5.91 Å². The van der Waals surface area contributed by atoms with E-state index in [0.717, 1.165) is 41.4 Å². The highest BCUT2D eigenvalue weighted by atomic mass is 16.5. The molecule has 1 amide bonds. The number of ether oxygens (including phenoxy) is 1. The van der Waals surface area contributed by atoms with Crippen molar-refractivity contribution in [1.29, 1.82) is 0 Å². The van der Waals surface area contributed by atoms with Crippen molar-refractivity contribution in [1.82, 2.24) is 19.9 Å². The Morgan fingerprint density at radius 3 is 2.77 bits per heavy atom. The van der Waals surface area contributed by atoms with Gasteiger partial charge >= 0.3 is 0 Å². The third-order valence-electron chi connectivity index (χ3n) is 6.47. The van der Waals surface area contributed by atoms with Crippen LogP contribution in [0.4, 0.5) is 11.5 Å². The Bertz CT molecular complexity index is 1180. The highest BCUT2D eigenvalue weighted by Crippen LogP contribution is 2.34. The molecule has 1 aliphatic rings. The van der Waals surface area contributed by atoms with E-state index in [1.807, 2.05) is 73.4 Å². The van der Waals surface area contributed by atoms with E-state index in [-0.39, 0.29) is 11.3 Å². The van der Waals surface area contributed by atoms with Gasteiger partial charge in [-0.05, 0) is 49.6 Å². The Labute approximate surface area is 207 Å². The first kappa shape index (κ1) is 24.4. The quantitative estimate of drug-likeness (QED) is 0.553. The molecule has 1 unspecified atom stereocenters. The van der Waals surface area contributed by atoms with Crippen LogP contribution >= 0.6 is 0 Å². The average Bonchev–Trinajstić information content (AvgIpc) is 2.87. The Hall–Kier alpha value is -3.68. The number of aromatic nitrogens is 3. The van der Waals surface area contributed by atoms with Gasteiger partial charge < -0.3 is 19.9 Å². The molecular weight excluding hydrogens is 440 g/mol. The van der Waals surface area contributed by atoms with Gasteiger partial charge in [0.15, 0.2) is 0 Å². The van der Waals surface area contributed by atoms with Crippen LogP contribution in [0.3, 0.4) is 0 Å². The Balaban J connectivity index is 1.55. The molecule has 0 aliphatic carbocycles. The van der Waals surface area contributed by atoms with E-state index < -0.39 is 0 Å². The smallest absolute Gasteiger partial charge is 0.253 e. The Morgan fingerprint density at radius 2 is 2.06 bits per heavy atom. The van der Waals surface area contributed by atoms with Gasteiger partial charge in [-0.2, -0.15) is 0 Å². The van der Waals surface area contributed by atoms with Crippen LogP contribution in [0.1, 0.15) is 47.2 Å². The maximum absolute atomic E-state index is 13.6. The van der Waals surface area contributed by atoms with Crippen molar-refractivity contribution < 1.29 is 9.53 Å². The minimum atomic E-state index is -0.307. The maximum atomic E-state index is 13.6. The second kappa shape index (κ2) is 10.3. The van der Waals surface area contributed by atoms with Crippen molar-refractivity contribution in [3.63, 3.8) is 0 Å². The van der Waals surface area contributed by atoms with Crippen LogP contribution in [0, 0.1) is 6.92 Å². The number of nitrogens with zero attached hydrogens (tertiary/aromatic N) is 5. The fourth-order valence-corrected chi connectivity index (χ4v) is 4.51. The van der Waals surface area contributed by atoms with Gasteiger partial charge in [-0.15, -0.1) is 0 Å². The summed E-state index contributed by atoms with van der Waals surface area (Å²) in [5.74, 6) is 2.38. The average molecular weight is 475 g/mol. The van der Waals surface area contributed by atoms with Crippen LogP contribution in [0.5, 0.6) is 5.75 Å². The predicted molar refractivity (Wildman–Crippen MR) is 138 cm³/mol. The normalized spacial score (nSPS) is 17.7. The number of anilines is 2. The molecule has 1 aromatic carbocycles. The second-order valence-electron chi connectivity index (χ2n) is 9.61. The lowest BCUT2D eigenvalue weighted by atomic mass is 9.80. The number of nitrogens with one attached hydrogen (secondary N) is 1. The number of carbonyl (C=O) groups excluding carboxylic acids is 1. The summed E-state index contributed by atoms with van der Waals surface area (Å²) in [4.78, 5) is 31.3. The standard InChI is InChI=1S/C27H34N6O2/c1-19-14-24(32(3)4)31-26(30-19)27(2)11-7-13-33(18-27)25(34)21-9-10-23(35-5)22(15-21)29-17-20-8-6-12-28-16-20/h6,8-10,12,14-16,29H,7,11,13,17-18H2,1-5H3. The fraction of sp³-hybridized carbons (Fsp3) is 0.407. The molecule has 8 heteroatoms. The van der Waals surface area contributed by atoms with E-state index in [4.69, 9.17) is 14.7 Å². The van der Waals surface area contributed by atoms with E-state index in [1.165, 1.54) is 0 Å². The molecule has 1 N–H and O–H groups in total. The summed E-state index contributed by atoms with van der Waals surface area (Å²) in [6, 6.07) is 11.4. The van der Waals surface area contributed by atoms with Crippen LogP contribution in [0.15, 0.2) is 48.8 Å². The summed E-state index contributed by atoms with van der Waals surface area (Å²) in [7, 11) is 5.59. The van der Waals surface area contributed by atoms with Crippen LogP contribution in [0.25, 0.3) is 0 Å². The molecule has 0 saturated carbocycles. The Kier molecular flexibility index (Phi) is 7.19. The van der Waals surface area contributed by atoms with Crippen molar-refractivity contribution in [3.8, 4) is 5.75 Å². The summed E-state index contributed by atoms with van der Waals surface area (Å²) >= 11 is 0. The molecule has 1 atom stereocenters. The SMILES string of the molecule is COc1ccc(C(=O)N2CCCC(C)(c3nc(C)cc(N(C)C)n3)C2)cc1NCc1cccnc1. The number of benzene rings is 1. The van der Waals surface area contributed by atoms with E-state index in [9.17, 15) is 4.79 Å². The van der Waals surface area contributed by atoms with Crippen LogP contribution in [0.2, 0.25) is 0 Å². The molecule has 184 valence electrons. The number of pyridine rings is 1. The van der Waals surface area contributed by atoms with Gasteiger partial charge in [-0.25, -0.2) is 9.97 Å². The van der Waals surface area contributed by atoms with Gasteiger partial charge in [0.1, 0.15) is 17.4 Å². The number of likely N-dealkylation sites (tertiary alicyclic amines) is 1. The molecule has 1 fully saturated rings. The van der Waals surface area contributed by atoms with Gasteiger partial charge in [-0.3, -0.25) is 9.78 Å². The molecule has 0 bridgehead atoms. The third-order valence-corrected chi connectivity index (χ3v) is 6.47. The lowest BCUT2D eigenvalue weighted by molar-refractivity contribution is 0.0644. The van der Waals surface area contributed by atoms with E-state index in [2.05, 4.69) is 17.2 Å². The van der Waals surface area contributed by atoms with E-state index in [1.54, 1.807) is 13.3 Å². The zero-order chi connectivity index (χ0) is 25.0. The van der Waals surface area contributed by atoms with Crippen molar-refractivity contribution in [2.75, 3.05) is 44.5 Å². The van der Waals surface area contributed by atoms with Crippen LogP contribution in [-0.4, -0.2) is 60.1 Å². The molecule has 0 spiro atoms. The first-order valence-electron chi connectivity index (χ1n) is 11.9. The minimum Gasteiger partial charge on any atom is -0.495 e. The number of hydrogen-bond acceptors (Lipinski definition) is 7. The lowest BCUT2D eigenvalue weighted by Crippen LogP contribution is -2.48. The third kappa shape index (κ3) is 5.53. The van der Waals surface area contributed by atoms with Gasteiger partial charge in [0.05, 0.1) is 12.8 Å². The molecule has 0 radical (unpaired) electrons. The Morgan fingerprint density at radius 1 is 1.23 bits per heavy atom. The van der Waals surface area contributed by atoms with Gasteiger partial charge in [0.2, 0.25) is 0 Å². The molecule has 2 aromatic heterocycles. The van der Waals surface area contributed by atoms with Crippen LogP contribution in [-0.2, 0) is 12.0 Å². The summed E-state index contributed by atoms with van der Waals surface area (Å²) < 4.78 is 5.52. The van der Waals surface area contributed by atoms with Crippen molar-refractivity contribution in [2.45, 2.75) is 38.6 Å². The van der Waals surface area contributed by atoms with E-state index >= 15 is 0 Å². The van der Waals surface area contributed by atoms with Crippen molar-refractivity contribution in [3.05, 3.63) is 71.4 Å². The number of rotatable bonds is 7. The zero-order valence-corrected chi connectivity index (χ0v) is 21.2. The molecule has 4 rings (SSSR count). The summed E-state index contributed by atoms with van der Waals surface area (Å²) in [5.41, 5.74) is 3.08. The number of aryl methyl sites for hydroxylation is 1. The highest BCUT2D eigenvalue weighted by Gasteiger charge is 2.37. The molecule has 3 heterocycles. The first-order valence-corrected chi connectivity index (χ1v) is 11.9. The molecule has 1 saturated heterocycles. The second-order valence-corrected chi connectivity index (χ2v) is 9.61. The summed E-state index contributed by atoms with van der Waals surface area (Å²) in [6.45, 7) is 6.03.